The fourth-order valence-corrected chi connectivity index (χ4v) is 2.95. The standard InChI is InChI=1S/C15H16BrN5O2/c16-10-8-12(14(22)17-9-10)15(23)19-11-3-6-21(7-4-11)13-2-1-5-18-20-13/h1-2,5,8-9,11H,3-4,6-7H2,(H,17,22)(H,19,23). The third kappa shape index (κ3) is 3.76. The second-order valence-corrected chi connectivity index (χ2v) is 6.29. The molecule has 1 fully saturated rings. The first kappa shape index (κ1) is 15.7. The SMILES string of the molecule is O=C(NC1CCN(c2cccnn2)CC1)c1cc(Br)c[nH]c1=O. The number of halogens is 1. The number of H-pyrrole nitrogens is 1. The Kier molecular flexibility index (Phi) is 4.71. The molecular weight excluding hydrogens is 362 g/mol. The van der Waals surface area contributed by atoms with E-state index >= 15 is 0 Å². The maximum Gasteiger partial charge on any atom is 0.260 e. The van der Waals surface area contributed by atoms with Gasteiger partial charge in [0.1, 0.15) is 5.56 Å². The van der Waals surface area contributed by atoms with E-state index in [2.05, 4.69) is 41.3 Å². The zero-order valence-electron chi connectivity index (χ0n) is 12.3. The number of hydrogen-bond acceptors (Lipinski definition) is 5. The van der Waals surface area contributed by atoms with E-state index in [0.29, 0.717) is 4.47 Å². The molecule has 0 radical (unpaired) electrons. The summed E-state index contributed by atoms with van der Waals surface area (Å²) in [5.74, 6) is 0.506. The molecule has 0 saturated carbocycles. The summed E-state index contributed by atoms with van der Waals surface area (Å²) in [7, 11) is 0. The van der Waals surface area contributed by atoms with Crippen molar-refractivity contribution in [3.8, 4) is 0 Å². The van der Waals surface area contributed by atoms with E-state index in [0.717, 1.165) is 31.7 Å². The summed E-state index contributed by atoms with van der Waals surface area (Å²) in [6.45, 7) is 1.58. The van der Waals surface area contributed by atoms with Crippen molar-refractivity contribution >= 4 is 27.7 Å². The van der Waals surface area contributed by atoms with Crippen LogP contribution in [0.2, 0.25) is 0 Å². The number of hydrogen-bond donors (Lipinski definition) is 2. The van der Waals surface area contributed by atoms with Crippen molar-refractivity contribution in [2.45, 2.75) is 18.9 Å². The first-order valence-electron chi connectivity index (χ1n) is 7.35. The van der Waals surface area contributed by atoms with E-state index < -0.39 is 0 Å². The molecule has 2 N–H and O–H groups in total. The summed E-state index contributed by atoms with van der Waals surface area (Å²) >= 11 is 3.25. The predicted molar refractivity (Wildman–Crippen MR) is 89.5 cm³/mol. The van der Waals surface area contributed by atoms with Crippen LogP contribution in [0.4, 0.5) is 5.82 Å². The third-order valence-electron chi connectivity index (χ3n) is 3.83. The maximum atomic E-state index is 12.2. The lowest BCUT2D eigenvalue weighted by Crippen LogP contribution is -2.45. The fourth-order valence-electron chi connectivity index (χ4n) is 2.60. The van der Waals surface area contributed by atoms with Crippen molar-refractivity contribution < 1.29 is 4.79 Å². The second-order valence-electron chi connectivity index (χ2n) is 5.38. The third-order valence-corrected chi connectivity index (χ3v) is 4.28. The van der Waals surface area contributed by atoms with Gasteiger partial charge in [0.2, 0.25) is 0 Å². The molecule has 0 bridgehead atoms. The minimum Gasteiger partial charge on any atom is -0.355 e. The lowest BCUT2D eigenvalue weighted by atomic mass is 10.0. The number of amides is 1. The number of aromatic amines is 1. The van der Waals surface area contributed by atoms with E-state index in [9.17, 15) is 9.59 Å². The Morgan fingerprint density at radius 1 is 1.39 bits per heavy atom. The van der Waals surface area contributed by atoms with E-state index in [1.165, 1.54) is 12.3 Å². The van der Waals surface area contributed by atoms with E-state index in [1.807, 2.05) is 12.1 Å². The number of nitrogens with one attached hydrogen (secondary N) is 2. The number of piperidine rings is 1. The molecule has 0 aromatic carbocycles. The van der Waals surface area contributed by atoms with E-state index in [1.54, 1.807) is 6.20 Å². The predicted octanol–water partition coefficient (Wildman–Crippen LogP) is 1.33. The van der Waals surface area contributed by atoms with Gasteiger partial charge in [0.25, 0.3) is 11.5 Å². The van der Waals surface area contributed by atoms with Gasteiger partial charge in [-0.25, -0.2) is 0 Å². The largest absolute Gasteiger partial charge is 0.355 e. The molecule has 3 heterocycles. The van der Waals surface area contributed by atoms with Crippen LogP contribution in [0.15, 0.2) is 39.9 Å². The minimum absolute atomic E-state index is 0.0498. The van der Waals surface area contributed by atoms with E-state index in [-0.39, 0.29) is 23.1 Å². The van der Waals surface area contributed by atoms with Crippen molar-refractivity contribution in [1.29, 1.82) is 0 Å². The van der Waals surface area contributed by atoms with Crippen LogP contribution in [0, 0.1) is 0 Å². The van der Waals surface area contributed by atoms with Gasteiger partial charge in [-0.3, -0.25) is 9.59 Å². The van der Waals surface area contributed by atoms with Gasteiger partial charge in [-0.2, -0.15) is 5.10 Å². The maximum absolute atomic E-state index is 12.2. The summed E-state index contributed by atoms with van der Waals surface area (Å²) in [5, 5.41) is 10.9. The fraction of sp³-hybridized carbons (Fsp3) is 0.333. The van der Waals surface area contributed by atoms with Crippen LogP contribution in [0.3, 0.4) is 0 Å². The number of carbonyl (C=O) groups is 1. The lowest BCUT2D eigenvalue weighted by Gasteiger charge is -2.32. The Morgan fingerprint density at radius 3 is 2.87 bits per heavy atom. The topological polar surface area (TPSA) is 91.0 Å². The van der Waals surface area contributed by atoms with Gasteiger partial charge in [0.05, 0.1) is 0 Å². The Hall–Kier alpha value is -2.22. The summed E-state index contributed by atoms with van der Waals surface area (Å²) in [6, 6.07) is 5.36. The first-order chi connectivity index (χ1) is 11.1. The van der Waals surface area contributed by atoms with Crippen LogP contribution in [-0.2, 0) is 0 Å². The molecule has 1 aliphatic heterocycles. The molecule has 0 spiro atoms. The molecule has 2 aromatic heterocycles. The number of rotatable bonds is 3. The van der Waals surface area contributed by atoms with Gasteiger partial charge in [-0.1, -0.05) is 0 Å². The van der Waals surface area contributed by atoms with Crippen LogP contribution < -0.4 is 15.8 Å². The molecule has 0 atom stereocenters. The molecule has 1 aliphatic rings. The Morgan fingerprint density at radius 2 is 2.17 bits per heavy atom. The first-order valence-corrected chi connectivity index (χ1v) is 8.14. The summed E-state index contributed by atoms with van der Waals surface area (Å²) in [6.07, 6.45) is 4.76. The average Bonchev–Trinajstić information content (AvgIpc) is 2.58. The molecule has 23 heavy (non-hydrogen) atoms. The quantitative estimate of drug-likeness (QED) is 0.841. The molecule has 7 nitrogen and oxygen atoms in total. The molecule has 0 aliphatic carbocycles. The van der Waals surface area contributed by atoms with Gasteiger partial charge in [-0.05, 0) is 47.0 Å². The molecule has 2 aromatic rings. The van der Waals surface area contributed by atoms with Crippen molar-refractivity contribution in [1.82, 2.24) is 20.5 Å². The molecule has 0 unspecified atom stereocenters. The smallest absolute Gasteiger partial charge is 0.260 e. The van der Waals surface area contributed by atoms with Gasteiger partial charge in [0.15, 0.2) is 5.82 Å². The molecule has 120 valence electrons. The van der Waals surface area contributed by atoms with Gasteiger partial charge < -0.3 is 15.2 Å². The van der Waals surface area contributed by atoms with Crippen LogP contribution in [0.25, 0.3) is 0 Å². The zero-order valence-corrected chi connectivity index (χ0v) is 13.9. The highest BCUT2D eigenvalue weighted by Crippen LogP contribution is 2.17. The highest BCUT2D eigenvalue weighted by molar-refractivity contribution is 9.10. The van der Waals surface area contributed by atoms with Gasteiger partial charge in [0, 0.05) is 36.0 Å². The Bertz CT molecular complexity index is 741. The summed E-state index contributed by atoms with van der Waals surface area (Å²) in [4.78, 5) is 28.6. The van der Waals surface area contributed by atoms with Crippen LogP contribution in [0.5, 0.6) is 0 Å². The summed E-state index contributed by atoms with van der Waals surface area (Å²) < 4.78 is 0.666. The monoisotopic (exact) mass is 377 g/mol. The molecule has 3 rings (SSSR count). The Balaban J connectivity index is 1.59. The van der Waals surface area contributed by atoms with Crippen LogP contribution in [0.1, 0.15) is 23.2 Å². The number of aromatic nitrogens is 3. The number of pyridine rings is 1. The highest BCUT2D eigenvalue weighted by Gasteiger charge is 2.23. The molecule has 1 amide bonds. The highest BCUT2D eigenvalue weighted by atomic mass is 79.9. The van der Waals surface area contributed by atoms with E-state index in [4.69, 9.17) is 0 Å². The molecule has 8 heteroatoms. The molecule has 1 saturated heterocycles. The van der Waals surface area contributed by atoms with Crippen molar-refractivity contribution in [3.05, 3.63) is 51.0 Å². The number of nitrogens with zero attached hydrogens (tertiary/aromatic N) is 3. The van der Waals surface area contributed by atoms with Crippen molar-refractivity contribution in [3.63, 3.8) is 0 Å². The van der Waals surface area contributed by atoms with Crippen molar-refractivity contribution in [2.75, 3.05) is 18.0 Å². The second kappa shape index (κ2) is 6.91. The van der Waals surface area contributed by atoms with Gasteiger partial charge >= 0.3 is 0 Å². The Labute approximate surface area is 141 Å². The van der Waals surface area contributed by atoms with Crippen molar-refractivity contribution in [2.24, 2.45) is 0 Å². The number of carbonyl (C=O) groups excluding carboxylic acids is 1. The summed E-state index contributed by atoms with van der Waals surface area (Å²) in [5.41, 5.74) is -0.265. The van der Waals surface area contributed by atoms with Gasteiger partial charge in [-0.15, -0.1) is 5.10 Å². The zero-order chi connectivity index (χ0) is 16.2. The van der Waals surface area contributed by atoms with Crippen LogP contribution >= 0.6 is 15.9 Å². The average molecular weight is 378 g/mol. The number of anilines is 1. The normalized spacial score (nSPS) is 15.4. The molecular formula is C15H16BrN5O2. The van der Waals surface area contributed by atoms with Crippen LogP contribution in [-0.4, -0.2) is 40.2 Å². The minimum atomic E-state index is -0.386. The lowest BCUT2D eigenvalue weighted by molar-refractivity contribution is 0.0929.